The van der Waals surface area contributed by atoms with Crippen LogP contribution in [0.3, 0.4) is 0 Å². The van der Waals surface area contributed by atoms with Gasteiger partial charge in [0.25, 0.3) is 0 Å². The minimum atomic E-state index is 0. The van der Waals surface area contributed by atoms with E-state index in [9.17, 15) is 0 Å². The van der Waals surface area contributed by atoms with Gasteiger partial charge in [0.2, 0.25) is 0 Å². The minimum Gasteiger partial charge on any atom is -0.791 e. The van der Waals surface area contributed by atoms with E-state index in [1.165, 1.54) is 0 Å². The van der Waals surface area contributed by atoms with Crippen molar-refractivity contribution in [2.24, 2.45) is 0 Å². The van der Waals surface area contributed by atoms with E-state index in [-0.39, 0.29) is 29.6 Å². The van der Waals surface area contributed by atoms with E-state index in [0.717, 1.165) is 12.3 Å². The van der Waals surface area contributed by atoms with Gasteiger partial charge in [-0.3, -0.25) is 0 Å². The van der Waals surface area contributed by atoms with Gasteiger partial charge in [-0.15, -0.1) is 0 Å². The zero-order valence-corrected chi connectivity index (χ0v) is 11.2. The van der Waals surface area contributed by atoms with Crippen molar-refractivity contribution >= 4 is 12.6 Å². The summed E-state index contributed by atoms with van der Waals surface area (Å²) in [6.45, 7) is 9.90. The molecule has 0 unspecified atom stereocenters. The van der Waals surface area contributed by atoms with Gasteiger partial charge in [0, 0.05) is 12.1 Å². The first-order valence-electron chi connectivity index (χ1n) is 3.93. The Hall–Kier alpha value is 1.31. The first-order valence-corrected chi connectivity index (χ1v) is 4.51. The number of rotatable bonds is 4. The number of hydrogen-bond acceptors (Lipinski definition) is 2. The molecule has 0 N–H and O–H groups in total. The summed E-state index contributed by atoms with van der Waals surface area (Å²) in [5.74, 6) is 0.844. The molecule has 3 heteroatoms. The van der Waals surface area contributed by atoms with Crippen LogP contribution in [0.25, 0.3) is 0 Å². The molecule has 0 fully saturated rings. The Balaban J connectivity index is 0. The molecule has 0 aliphatic heterocycles. The Morgan fingerprint density at radius 1 is 1.09 bits per heavy atom. The molecule has 0 rings (SSSR count). The minimum absolute atomic E-state index is 0. The number of nitrogens with zero attached hydrogens (tertiary/aromatic N) is 1. The SMILES string of the molecule is CC(C)N(CC[S-])C(C)C.[Na+]. The summed E-state index contributed by atoms with van der Waals surface area (Å²) in [6, 6.07) is 1.26. The quantitative estimate of drug-likeness (QED) is 0.392. The number of hydrogen-bond donors (Lipinski definition) is 0. The van der Waals surface area contributed by atoms with Crippen LogP contribution in [0.2, 0.25) is 0 Å². The van der Waals surface area contributed by atoms with Crippen LogP contribution in [0.5, 0.6) is 0 Å². The Morgan fingerprint density at radius 3 is 1.55 bits per heavy atom. The molecular formula is C8H18NNaS. The molecule has 0 radical (unpaired) electrons. The summed E-state index contributed by atoms with van der Waals surface area (Å²) in [6.07, 6.45) is 0. The summed E-state index contributed by atoms with van der Waals surface area (Å²) in [4.78, 5) is 2.41. The van der Waals surface area contributed by atoms with Crippen LogP contribution < -0.4 is 29.6 Å². The molecule has 1 nitrogen and oxygen atoms in total. The molecule has 0 saturated carbocycles. The van der Waals surface area contributed by atoms with Gasteiger partial charge in [-0.2, -0.15) is 5.75 Å². The largest absolute Gasteiger partial charge is 1.00 e. The molecule has 62 valence electrons. The zero-order valence-electron chi connectivity index (χ0n) is 8.42. The molecule has 0 bridgehead atoms. The molecule has 0 amide bonds. The second-order valence-corrected chi connectivity index (χ2v) is 3.54. The molecule has 0 heterocycles. The molecule has 0 aromatic carbocycles. The van der Waals surface area contributed by atoms with Crippen LogP contribution in [0, 0.1) is 0 Å². The van der Waals surface area contributed by atoms with Crippen LogP contribution in [0.4, 0.5) is 0 Å². The summed E-state index contributed by atoms with van der Waals surface area (Å²) >= 11 is 4.93. The molecule has 0 atom stereocenters. The molecule has 0 aromatic heterocycles. The van der Waals surface area contributed by atoms with Crippen LogP contribution in [0.15, 0.2) is 0 Å². The Morgan fingerprint density at radius 2 is 1.45 bits per heavy atom. The fraction of sp³-hybridized carbons (Fsp3) is 1.00. The van der Waals surface area contributed by atoms with Gasteiger partial charge in [-0.1, -0.05) is 0 Å². The first-order chi connectivity index (χ1) is 4.59. The van der Waals surface area contributed by atoms with Gasteiger partial charge in [0.1, 0.15) is 0 Å². The van der Waals surface area contributed by atoms with Crippen LogP contribution in [-0.4, -0.2) is 29.3 Å². The van der Waals surface area contributed by atoms with Crippen molar-refractivity contribution in [3.8, 4) is 0 Å². The first kappa shape index (κ1) is 14.8. The van der Waals surface area contributed by atoms with Crippen molar-refractivity contribution in [3.63, 3.8) is 0 Å². The third-order valence-electron chi connectivity index (χ3n) is 1.68. The summed E-state index contributed by atoms with van der Waals surface area (Å²) in [5.41, 5.74) is 0. The molecular weight excluding hydrogens is 165 g/mol. The maximum absolute atomic E-state index is 4.93. The molecule has 0 aromatic rings. The van der Waals surface area contributed by atoms with E-state index < -0.39 is 0 Å². The smallest absolute Gasteiger partial charge is 0.791 e. The predicted octanol–water partition coefficient (Wildman–Crippen LogP) is -1.34. The van der Waals surface area contributed by atoms with E-state index in [1.807, 2.05) is 0 Å². The zero-order chi connectivity index (χ0) is 8.15. The van der Waals surface area contributed by atoms with Crippen molar-refractivity contribution in [1.29, 1.82) is 0 Å². The van der Waals surface area contributed by atoms with Crippen molar-refractivity contribution in [2.45, 2.75) is 39.8 Å². The van der Waals surface area contributed by atoms with Crippen molar-refractivity contribution < 1.29 is 29.6 Å². The second kappa shape index (κ2) is 7.93. The summed E-state index contributed by atoms with van der Waals surface area (Å²) in [7, 11) is 0. The maximum Gasteiger partial charge on any atom is 1.00 e. The molecule has 11 heavy (non-hydrogen) atoms. The molecule has 0 saturated heterocycles. The van der Waals surface area contributed by atoms with Gasteiger partial charge in [0.15, 0.2) is 0 Å². The topological polar surface area (TPSA) is 3.24 Å². The van der Waals surface area contributed by atoms with E-state index >= 15 is 0 Å². The van der Waals surface area contributed by atoms with Crippen molar-refractivity contribution in [2.75, 3.05) is 12.3 Å². The monoisotopic (exact) mass is 183 g/mol. The average molecular weight is 183 g/mol. The van der Waals surface area contributed by atoms with Gasteiger partial charge >= 0.3 is 29.6 Å². The van der Waals surface area contributed by atoms with Crippen LogP contribution in [0.1, 0.15) is 27.7 Å². The molecule has 0 spiro atoms. The average Bonchev–Trinajstić information content (AvgIpc) is 1.81. The van der Waals surface area contributed by atoms with E-state index in [2.05, 4.69) is 32.6 Å². The normalized spacial score (nSPS) is 10.9. The van der Waals surface area contributed by atoms with E-state index in [0.29, 0.717) is 12.1 Å². The predicted molar refractivity (Wildman–Crippen MR) is 49.2 cm³/mol. The Labute approximate surface area is 98.6 Å². The molecule has 0 aliphatic carbocycles. The standard InChI is InChI=1S/C8H19NS.Na/c1-7(2)9(5-6-10)8(3)4;/h7-8,10H,5-6H2,1-4H3;/q;+1/p-1. The second-order valence-electron chi connectivity index (χ2n) is 3.13. The molecule has 0 aliphatic rings. The van der Waals surface area contributed by atoms with E-state index in [4.69, 9.17) is 12.6 Å². The van der Waals surface area contributed by atoms with E-state index in [1.54, 1.807) is 0 Å². The van der Waals surface area contributed by atoms with Gasteiger partial charge in [0.05, 0.1) is 0 Å². The van der Waals surface area contributed by atoms with Gasteiger partial charge < -0.3 is 17.5 Å². The van der Waals surface area contributed by atoms with Crippen molar-refractivity contribution in [1.82, 2.24) is 4.90 Å². The summed E-state index contributed by atoms with van der Waals surface area (Å²) in [5, 5.41) is 0. The maximum atomic E-state index is 4.93. The Kier molecular flexibility index (Phi) is 10.7. The van der Waals surface area contributed by atoms with Gasteiger partial charge in [-0.25, -0.2) is 0 Å². The summed E-state index contributed by atoms with van der Waals surface area (Å²) < 4.78 is 0. The fourth-order valence-corrected chi connectivity index (χ4v) is 1.43. The Bertz CT molecular complexity index is 78.2. The fourth-order valence-electron chi connectivity index (χ4n) is 1.22. The third kappa shape index (κ3) is 6.47. The third-order valence-corrected chi connectivity index (χ3v) is 1.86. The van der Waals surface area contributed by atoms with Crippen molar-refractivity contribution in [3.05, 3.63) is 0 Å². The van der Waals surface area contributed by atoms with Crippen LogP contribution in [-0.2, 0) is 12.6 Å². The van der Waals surface area contributed by atoms with Gasteiger partial charge in [-0.05, 0) is 34.2 Å². The van der Waals surface area contributed by atoms with Crippen LogP contribution >= 0.6 is 0 Å².